The summed E-state index contributed by atoms with van der Waals surface area (Å²) in [5.74, 6) is 0.802. The van der Waals surface area contributed by atoms with E-state index in [4.69, 9.17) is 0 Å². The van der Waals surface area contributed by atoms with Crippen LogP contribution < -0.4 is 10.6 Å². The largest absolute Gasteiger partial charge is 0.322 e. The van der Waals surface area contributed by atoms with Gasteiger partial charge in [-0.25, -0.2) is 4.79 Å². The number of rotatable bonds is 3. The molecule has 0 saturated heterocycles. The van der Waals surface area contributed by atoms with Gasteiger partial charge >= 0.3 is 6.03 Å². The monoisotopic (exact) mass is 452 g/mol. The molecule has 172 valence electrons. The van der Waals surface area contributed by atoms with Crippen molar-refractivity contribution in [3.05, 3.63) is 40.5 Å². The molecule has 7 heteroatoms. The zero-order valence-electron chi connectivity index (χ0n) is 20.5. The average molecular weight is 453 g/mol. The second-order valence-electron chi connectivity index (χ2n) is 11.1. The molecule has 1 aromatic rings. The minimum Gasteiger partial charge on any atom is -0.311 e. The fourth-order valence-corrected chi connectivity index (χ4v) is 7.93. The fourth-order valence-electron chi connectivity index (χ4n) is 5.33. The molecule has 6 nitrogen and oxygen atoms in total. The number of benzene rings is 1. The van der Waals surface area contributed by atoms with E-state index in [9.17, 15) is 9.59 Å². The molecule has 2 N–H and O–H groups in total. The number of carbonyl (C=O) groups is 2. The van der Waals surface area contributed by atoms with Crippen LogP contribution in [0.1, 0.15) is 44.2 Å². The van der Waals surface area contributed by atoms with Crippen molar-refractivity contribution >= 4 is 31.5 Å². The molecular formula is C25H36N4O2Si. The Bertz CT molecular complexity index is 1040. The summed E-state index contributed by atoms with van der Waals surface area (Å²) in [5, 5.41) is 6.09. The summed E-state index contributed by atoms with van der Waals surface area (Å²) in [6.07, 6.45) is 3.07. The molecular weight excluding hydrogens is 416 g/mol. The van der Waals surface area contributed by atoms with Gasteiger partial charge in [-0.3, -0.25) is 9.79 Å². The van der Waals surface area contributed by atoms with Gasteiger partial charge in [0, 0.05) is 16.3 Å². The van der Waals surface area contributed by atoms with Crippen LogP contribution in [-0.2, 0) is 4.79 Å². The van der Waals surface area contributed by atoms with Gasteiger partial charge in [-0.2, -0.15) is 0 Å². The summed E-state index contributed by atoms with van der Waals surface area (Å²) in [4.78, 5) is 33.2. The Morgan fingerprint density at radius 3 is 2.38 bits per heavy atom. The lowest BCUT2D eigenvalue weighted by molar-refractivity contribution is -0.125. The Morgan fingerprint density at radius 2 is 1.78 bits per heavy atom. The third kappa shape index (κ3) is 3.41. The number of nitrogens with one attached hydrogen (secondary N) is 2. The summed E-state index contributed by atoms with van der Waals surface area (Å²) in [7, 11) is -1.66. The number of aryl methyl sites for hydroxylation is 1. The maximum Gasteiger partial charge on any atom is 0.322 e. The van der Waals surface area contributed by atoms with Crippen LogP contribution in [0.2, 0.25) is 24.7 Å². The fraction of sp³-hybridized carbons (Fsp3) is 0.560. The molecule has 4 rings (SSSR count). The van der Waals surface area contributed by atoms with Crippen LogP contribution in [0, 0.1) is 13.8 Å². The van der Waals surface area contributed by atoms with Crippen molar-refractivity contribution in [1.29, 1.82) is 0 Å². The molecule has 2 aliphatic heterocycles. The number of amides is 3. The van der Waals surface area contributed by atoms with Gasteiger partial charge in [0.1, 0.15) is 5.84 Å². The maximum absolute atomic E-state index is 13.4. The molecule has 1 fully saturated rings. The molecule has 0 aromatic heterocycles. The lowest BCUT2D eigenvalue weighted by Crippen LogP contribution is -2.55. The number of nitrogens with zero attached hydrogens (tertiary/aromatic N) is 2. The normalized spacial score (nSPS) is 21.1. The first-order chi connectivity index (χ1) is 14.9. The van der Waals surface area contributed by atoms with Gasteiger partial charge in [0.2, 0.25) is 5.91 Å². The minimum atomic E-state index is -1.66. The Hall–Kier alpha value is -2.41. The molecule has 0 atom stereocenters. The van der Waals surface area contributed by atoms with Gasteiger partial charge in [-0.15, -0.1) is 0 Å². The van der Waals surface area contributed by atoms with E-state index in [1.807, 2.05) is 36.9 Å². The van der Waals surface area contributed by atoms with Crippen molar-refractivity contribution in [2.45, 2.75) is 77.2 Å². The van der Waals surface area contributed by atoms with Gasteiger partial charge in [-0.1, -0.05) is 38.2 Å². The SMILES string of the molecule is Cc1cccc(NC(=O)N2CC3=C(CN=C3NC(=O)C3([Si](C)(C)C)CCC3)C2(C)C)c1C. The highest BCUT2D eigenvalue weighted by atomic mass is 28.3. The van der Waals surface area contributed by atoms with Crippen LogP contribution in [0.4, 0.5) is 10.5 Å². The smallest absolute Gasteiger partial charge is 0.311 e. The first-order valence-electron chi connectivity index (χ1n) is 11.6. The lowest BCUT2D eigenvalue weighted by atomic mass is 9.83. The molecule has 32 heavy (non-hydrogen) atoms. The number of hydrogen-bond donors (Lipinski definition) is 2. The van der Waals surface area contributed by atoms with E-state index in [0.717, 1.165) is 47.2 Å². The first kappa shape index (κ1) is 22.8. The summed E-state index contributed by atoms with van der Waals surface area (Å²) in [5.41, 5.74) is 4.73. The highest BCUT2D eigenvalue weighted by Crippen LogP contribution is 2.55. The summed E-state index contributed by atoms with van der Waals surface area (Å²) >= 11 is 0. The number of hydrogen-bond acceptors (Lipinski definition) is 3. The number of amidine groups is 1. The van der Waals surface area contributed by atoms with Gasteiger partial charge in [0.15, 0.2) is 0 Å². The molecule has 0 bridgehead atoms. The van der Waals surface area contributed by atoms with Crippen LogP contribution in [-0.4, -0.2) is 49.4 Å². The lowest BCUT2D eigenvalue weighted by Gasteiger charge is -2.49. The maximum atomic E-state index is 13.4. The van der Waals surface area contributed by atoms with Gasteiger partial charge < -0.3 is 15.5 Å². The van der Waals surface area contributed by atoms with E-state index in [-0.39, 0.29) is 17.0 Å². The van der Waals surface area contributed by atoms with Crippen molar-refractivity contribution in [3.8, 4) is 0 Å². The van der Waals surface area contributed by atoms with Crippen LogP contribution in [0.5, 0.6) is 0 Å². The number of carbonyl (C=O) groups excluding carboxylic acids is 2. The standard InChI is InChI=1S/C25H36N4O2Si/c1-16-10-8-11-20(17(16)2)27-23(31)29-15-18-19(24(29,3)4)14-26-21(18)28-22(30)25(12-9-13-25)32(5,6)7/h8,10-11H,9,12-15H2,1-7H3,(H,27,31)(H,26,28,30). The van der Waals surface area contributed by atoms with Gasteiger partial charge in [0.25, 0.3) is 0 Å². The van der Waals surface area contributed by atoms with Crippen molar-refractivity contribution in [2.75, 3.05) is 18.4 Å². The van der Waals surface area contributed by atoms with Crippen LogP contribution >= 0.6 is 0 Å². The third-order valence-electron chi connectivity index (χ3n) is 8.18. The predicted molar refractivity (Wildman–Crippen MR) is 133 cm³/mol. The highest BCUT2D eigenvalue weighted by molar-refractivity contribution is 6.82. The second kappa shape index (κ2) is 7.58. The minimum absolute atomic E-state index is 0.124. The van der Waals surface area contributed by atoms with E-state index < -0.39 is 13.6 Å². The zero-order chi connectivity index (χ0) is 23.5. The quantitative estimate of drug-likeness (QED) is 0.632. The molecule has 2 heterocycles. The third-order valence-corrected chi connectivity index (χ3v) is 11.8. The second-order valence-corrected chi connectivity index (χ2v) is 16.5. The van der Waals surface area contributed by atoms with Crippen LogP contribution in [0.25, 0.3) is 0 Å². The Kier molecular flexibility index (Phi) is 5.39. The number of anilines is 1. The average Bonchev–Trinajstić information content (AvgIpc) is 3.15. The van der Waals surface area contributed by atoms with Crippen molar-refractivity contribution in [1.82, 2.24) is 10.2 Å². The van der Waals surface area contributed by atoms with Crippen molar-refractivity contribution in [3.63, 3.8) is 0 Å². The number of aliphatic imine (C=N–C) groups is 1. The Morgan fingerprint density at radius 1 is 1.09 bits per heavy atom. The van der Waals surface area contributed by atoms with E-state index in [1.165, 1.54) is 0 Å². The highest BCUT2D eigenvalue weighted by Gasteiger charge is 2.54. The summed E-state index contributed by atoms with van der Waals surface area (Å²) < 4.78 is 0. The molecule has 3 aliphatic rings. The van der Waals surface area contributed by atoms with Gasteiger partial charge in [-0.05, 0) is 63.3 Å². The topological polar surface area (TPSA) is 73.8 Å². The van der Waals surface area contributed by atoms with Crippen molar-refractivity contribution < 1.29 is 9.59 Å². The van der Waals surface area contributed by atoms with Gasteiger partial charge in [0.05, 0.1) is 26.7 Å². The van der Waals surface area contributed by atoms with E-state index in [2.05, 4.69) is 49.1 Å². The van der Waals surface area contributed by atoms with E-state index >= 15 is 0 Å². The summed E-state index contributed by atoms with van der Waals surface area (Å²) in [6.45, 7) is 16.0. The Balaban J connectivity index is 1.51. The molecule has 0 radical (unpaired) electrons. The number of urea groups is 1. The van der Waals surface area contributed by atoms with E-state index in [0.29, 0.717) is 18.9 Å². The molecule has 1 aliphatic carbocycles. The van der Waals surface area contributed by atoms with E-state index in [1.54, 1.807) is 0 Å². The Labute approximate surface area is 192 Å². The predicted octanol–water partition coefficient (Wildman–Crippen LogP) is 5.02. The molecule has 1 saturated carbocycles. The first-order valence-corrected chi connectivity index (χ1v) is 15.1. The summed E-state index contributed by atoms with van der Waals surface area (Å²) in [6, 6.07) is 5.81. The zero-order valence-corrected chi connectivity index (χ0v) is 21.5. The van der Waals surface area contributed by atoms with Crippen molar-refractivity contribution in [2.24, 2.45) is 4.99 Å². The molecule has 0 unspecified atom stereocenters. The molecule has 3 amide bonds. The molecule has 1 aromatic carbocycles. The van der Waals surface area contributed by atoms with Crippen LogP contribution in [0.3, 0.4) is 0 Å². The molecule has 0 spiro atoms. The van der Waals surface area contributed by atoms with Crippen LogP contribution in [0.15, 0.2) is 34.3 Å².